The van der Waals surface area contributed by atoms with Crippen LogP contribution in [0.1, 0.15) is 51.9 Å². The Kier molecular flexibility index (Phi) is 2.35. The van der Waals surface area contributed by atoms with Crippen molar-refractivity contribution in [1.82, 2.24) is 5.32 Å². The van der Waals surface area contributed by atoms with Crippen LogP contribution >= 0.6 is 0 Å². The fourth-order valence-corrected chi connectivity index (χ4v) is 5.55. The summed E-state index contributed by atoms with van der Waals surface area (Å²) in [5.41, 5.74) is 0.707. The summed E-state index contributed by atoms with van der Waals surface area (Å²) >= 11 is 0. The van der Waals surface area contributed by atoms with E-state index in [1.165, 1.54) is 6.42 Å². The minimum absolute atomic E-state index is 0.707. The molecular weight excluding hydrogens is 182 g/mol. The standard InChI is InChI=1S/C14H25N/c1-3-13(15-2)14-7-10-4-11(8-14)6-12(5-10)9-14/h10-13,15H,3-9H2,1-2H3. The summed E-state index contributed by atoms with van der Waals surface area (Å²) in [6, 6.07) is 0.797. The second-order valence-electron chi connectivity index (χ2n) is 6.53. The first-order valence-electron chi connectivity index (χ1n) is 6.93. The molecule has 4 aliphatic rings. The van der Waals surface area contributed by atoms with E-state index >= 15 is 0 Å². The van der Waals surface area contributed by atoms with E-state index in [1.54, 1.807) is 38.5 Å². The van der Waals surface area contributed by atoms with Gasteiger partial charge in [0.05, 0.1) is 0 Å². The minimum atomic E-state index is 0.707. The highest BCUT2D eigenvalue weighted by atomic mass is 14.9. The predicted molar refractivity (Wildman–Crippen MR) is 63.7 cm³/mol. The summed E-state index contributed by atoms with van der Waals surface area (Å²) < 4.78 is 0. The number of hydrogen-bond donors (Lipinski definition) is 1. The van der Waals surface area contributed by atoms with Crippen molar-refractivity contribution >= 4 is 0 Å². The SMILES string of the molecule is CCC(NC)C12CC3CC(CC(C3)C1)C2. The molecule has 1 atom stereocenters. The lowest BCUT2D eigenvalue weighted by Gasteiger charge is -2.59. The van der Waals surface area contributed by atoms with Crippen LogP contribution in [-0.2, 0) is 0 Å². The van der Waals surface area contributed by atoms with Crippen molar-refractivity contribution in [3.05, 3.63) is 0 Å². The van der Waals surface area contributed by atoms with Gasteiger partial charge in [-0.05, 0) is 75.2 Å². The van der Waals surface area contributed by atoms with Gasteiger partial charge >= 0.3 is 0 Å². The van der Waals surface area contributed by atoms with Crippen LogP contribution in [0.15, 0.2) is 0 Å². The molecule has 4 saturated carbocycles. The Labute approximate surface area is 94.0 Å². The molecule has 4 rings (SSSR count). The molecule has 4 aliphatic carbocycles. The molecule has 86 valence electrons. The Balaban J connectivity index is 1.86. The highest BCUT2D eigenvalue weighted by Gasteiger charge is 2.53. The molecule has 15 heavy (non-hydrogen) atoms. The van der Waals surface area contributed by atoms with E-state index in [1.807, 2.05) is 0 Å². The third-order valence-electron chi connectivity index (χ3n) is 5.58. The molecule has 4 bridgehead atoms. The zero-order chi connectivity index (χ0) is 10.5. The second kappa shape index (κ2) is 3.48. The van der Waals surface area contributed by atoms with Crippen LogP contribution in [0, 0.1) is 23.2 Å². The van der Waals surface area contributed by atoms with E-state index < -0.39 is 0 Å². The molecule has 0 heterocycles. The van der Waals surface area contributed by atoms with Crippen LogP contribution in [0.25, 0.3) is 0 Å². The molecule has 4 fully saturated rings. The lowest BCUT2D eigenvalue weighted by molar-refractivity contribution is -0.0731. The Morgan fingerprint density at radius 2 is 1.53 bits per heavy atom. The molecule has 1 N–H and O–H groups in total. The summed E-state index contributed by atoms with van der Waals surface area (Å²) in [7, 11) is 2.17. The van der Waals surface area contributed by atoms with Crippen LogP contribution in [0.2, 0.25) is 0 Å². The zero-order valence-corrected chi connectivity index (χ0v) is 10.3. The monoisotopic (exact) mass is 207 g/mol. The van der Waals surface area contributed by atoms with E-state index in [9.17, 15) is 0 Å². The molecule has 0 aromatic heterocycles. The van der Waals surface area contributed by atoms with Gasteiger partial charge < -0.3 is 5.32 Å². The molecule has 1 nitrogen and oxygen atoms in total. The normalized spacial score (nSPS) is 49.6. The van der Waals surface area contributed by atoms with E-state index in [0.29, 0.717) is 5.41 Å². The van der Waals surface area contributed by atoms with Gasteiger partial charge in [-0.3, -0.25) is 0 Å². The largest absolute Gasteiger partial charge is 0.316 e. The highest BCUT2D eigenvalue weighted by molar-refractivity contribution is 5.05. The molecule has 0 radical (unpaired) electrons. The summed E-state index contributed by atoms with van der Waals surface area (Å²) in [6.07, 6.45) is 10.6. The van der Waals surface area contributed by atoms with Crippen LogP contribution < -0.4 is 5.32 Å². The van der Waals surface area contributed by atoms with Gasteiger partial charge in [-0.1, -0.05) is 6.92 Å². The van der Waals surface area contributed by atoms with Gasteiger partial charge in [0.25, 0.3) is 0 Å². The highest BCUT2D eigenvalue weighted by Crippen LogP contribution is 2.61. The Hall–Kier alpha value is -0.0400. The quantitative estimate of drug-likeness (QED) is 0.749. The maximum absolute atomic E-state index is 3.61. The van der Waals surface area contributed by atoms with Crippen molar-refractivity contribution in [1.29, 1.82) is 0 Å². The summed E-state index contributed by atoms with van der Waals surface area (Å²) in [5, 5.41) is 3.61. The molecule has 0 amide bonds. The van der Waals surface area contributed by atoms with E-state index in [0.717, 1.165) is 23.8 Å². The van der Waals surface area contributed by atoms with Gasteiger partial charge in [0, 0.05) is 6.04 Å². The average molecular weight is 207 g/mol. The fraction of sp³-hybridized carbons (Fsp3) is 1.00. The minimum Gasteiger partial charge on any atom is -0.316 e. The first kappa shape index (κ1) is 10.1. The van der Waals surface area contributed by atoms with Gasteiger partial charge in [-0.2, -0.15) is 0 Å². The van der Waals surface area contributed by atoms with Crippen molar-refractivity contribution in [2.75, 3.05) is 7.05 Å². The molecule has 0 aromatic carbocycles. The molecule has 0 aromatic rings. The summed E-state index contributed by atoms with van der Waals surface area (Å²) in [6.45, 7) is 2.36. The smallest absolute Gasteiger partial charge is 0.0118 e. The van der Waals surface area contributed by atoms with Crippen molar-refractivity contribution in [3.63, 3.8) is 0 Å². The molecule has 0 aliphatic heterocycles. The maximum Gasteiger partial charge on any atom is 0.0118 e. The predicted octanol–water partition coefficient (Wildman–Crippen LogP) is 3.20. The lowest BCUT2D eigenvalue weighted by atomic mass is 9.47. The Bertz CT molecular complexity index is 206. The van der Waals surface area contributed by atoms with E-state index in [-0.39, 0.29) is 0 Å². The van der Waals surface area contributed by atoms with Gasteiger partial charge in [0.1, 0.15) is 0 Å². The zero-order valence-electron chi connectivity index (χ0n) is 10.3. The summed E-state index contributed by atoms with van der Waals surface area (Å²) in [4.78, 5) is 0. The molecule has 1 heteroatoms. The van der Waals surface area contributed by atoms with Crippen LogP contribution in [0.4, 0.5) is 0 Å². The topological polar surface area (TPSA) is 12.0 Å². The van der Waals surface area contributed by atoms with E-state index in [2.05, 4.69) is 19.3 Å². The Morgan fingerprint density at radius 1 is 1.07 bits per heavy atom. The number of hydrogen-bond acceptors (Lipinski definition) is 1. The molecule has 0 spiro atoms. The third kappa shape index (κ3) is 1.46. The third-order valence-corrected chi connectivity index (χ3v) is 5.58. The second-order valence-corrected chi connectivity index (χ2v) is 6.53. The first-order valence-corrected chi connectivity index (χ1v) is 6.93. The van der Waals surface area contributed by atoms with Crippen molar-refractivity contribution in [3.8, 4) is 0 Å². The molecule has 0 saturated heterocycles. The fourth-order valence-electron chi connectivity index (χ4n) is 5.55. The van der Waals surface area contributed by atoms with Crippen molar-refractivity contribution in [2.45, 2.75) is 57.9 Å². The van der Waals surface area contributed by atoms with E-state index in [4.69, 9.17) is 0 Å². The first-order chi connectivity index (χ1) is 7.25. The van der Waals surface area contributed by atoms with Gasteiger partial charge in [0.2, 0.25) is 0 Å². The molecular formula is C14H25N. The molecule has 1 unspecified atom stereocenters. The lowest BCUT2D eigenvalue weighted by Crippen LogP contribution is -2.55. The maximum atomic E-state index is 3.61. The van der Waals surface area contributed by atoms with Gasteiger partial charge in [-0.25, -0.2) is 0 Å². The number of nitrogens with one attached hydrogen (secondary N) is 1. The Morgan fingerprint density at radius 3 is 1.87 bits per heavy atom. The van der Waals surface area contributed by atoms with Crippen molar-refractivity contribution < 1.29 is 0 Å². The van der Waals surface area contributed by atoms with Gasteiger partial charge in [-0.15, -0.1) is 0 Å². The van der Waals surface area contributed by atoms with Gasteiger partial charge in [0.15, 0.2) is 0 Å². The number of rotatable bonds is 3. The van der Waals surface area contributed by atoms with Crippen molar-refractivity contribution in [2.24, 2.45) is 23.2 Å². The summed E-state index contributed by atoms with van der Waals surface area (Å²) in [5.74, 6) is 3.29. The van der Waals surface area contributed by atoms with Crippen LogP contribution in [-0.4, -0.2) is 13.1 Å². The van der Waals surface area contributed by atoms with Crippen LogP contribution in [0.3, 0.4) is 0 Å². The van der Waals surface area contributed by atoms with Crippen LogP contribution in [0.5, 0.6) is 0 Å². The average Bonchev–Trinajstić information content (AvgIpc) is 2.16.